The van der Waals surface area contributed by atoms with E-state index >= 15 is 0 Å². The molecule has 0 spiro atoms. The van der Waals surface area contributed by atoms with Crippen LogP contribution in [0.4, 0.5) is 0 Å². The lowest BCUT2D eigenvalue weighted by molar-refractivity contribution is -0.143. The molecule has 1 aliphatic carbocycles. The standard InChI is InChI=1S/C9H17N3O2.ClH/c10-9(11)12-5-6-2-1-3-7(4-6)8(13)14;/h6-7H,1-5H2,(H,13,14)(H4,10,11,12);1H. The van der Waals surface area contributed by atoms with Gasteiger partial charge in [0.25, 0.3) is 0 Å². The molecule has 0 bridgehead atoms. The number of hydrogen-bond acceptors (Lipinski definition) is 2. The Bertz CT molecular complexity index is 235. The first kappa shape index (κ1) is 14.0. The number of carbonyl (C=O) groups is 1. The molecule has 1 rings (SSSR count). The molecule has 15 heavy (non-hydrogen) atoms. The minimum Gasteiger partial charge on any atom is -0.481 e. The van der Waals surface area contributed by atoms with Crippen molar-refractivity contribution in [1.29, 1.82) is 5.41 Å². The first-order valence-corrected chi connectivity index (χ1v) is 4.90. The maximum Gasteiger partial charge on any atom is 0.306 e. The number of halogens is 1. The van der Waals surface area contributed by atoms with E-state index in [2.05, 4.69) is 5.32 Å². The van der Waals surface area contributed by atoms with E-state index in [4.69, 9.17) is 16.2 Å². The minimum atomic E-state index is -0.697. The number of hydrogen-bond donors (Lipinski definition) is 4. The van der Waals surface area contributed by atoms with Gasteiger partial charge in [-0.05, 0) is 25.2 Å². The van der Waals surface area contributed by atoms with Crippen molar-refractivity contribution in [3.05, 3.63) is 0 Å². The van der Waals surface area contributed by atoms with Crippen LogP contribution < -0.4 is 11.1 Å². The maximum atomic E-state index is 10.8. The number of nitrogens with one attached hydrogen (secondary N) is 2. The summed E-state index contributed by atoms with van der Waals surface area (Å²) in [5.41, 5.74) is 5.16. The number of aliphatic carboxylic acids is 1. The van der Waals surface area contributed by atoms with Crippen LogP contribution in [0.15, 0.2) is 0 Å². The zero-order valence-corrected chi connectivity index (χ0v) is 9.35. The molecule has 0 aromatic heterocycles. The summed E-state index contributed by atoms with van der Waals surface area (Å²) in [5, 5.41) is 18.6. The molecule has 2 atom stereocenters. The smallest absolute Gasteiger partial charge is 0.306 e. The molecule has 2 unspecified atom stereocenters. The van der Waals surface area contributed by atoms with Gasteiger partial charge in [-0.1, -0.05) is 6.42 Å². The Morgan fingerprint density at radius 1 is 1.53 bits per heavy atom. The van der Waals surface area contributed by atoms with E-state index < -0.39 is 5.97 Å². The number of carboxylic acids is 1. The van der Waals surface area contributed by atoms with Gasteiger partial charge in [0.05, 0.1) is 5.92 Å². The van der Waals surface area contributed by atoms with E-state index in [1.54, 1.807) is 0 Å². The van der Waals surface area contributed by atoms with Crippen molar-refractivity contribution in [3.8, 4) is 0 Å². The van der Waals surface area contributed by atoms with Gasteiger partial charge >= 0.3 is 5.97 Å². The summed E-state index contributed by atoms with van der Waals surface area (Å²) < 4.78 is 0. The highest BCUT2D eigenvalue weighted by Crippen LogP contribution is 2.28. The zero-order valence-electron chi connectivity index (χ0n) is 8.53. The van der Waals surface area contributed by atoms with Gasteiger partial charge in [0, 0.05) is 6.54 Å². The largest absolute Gasteiger partial charge is 0.481 e. The van der Waals surface area contributed by atoms with E-state index in [1.807, 2.05) is 0 Å². The topological polar surface area (TPSA) is 99.2 Å². The summed E-state index contributed by atoms with van der Waals surface area (Å²) in [6.07, 6.45) is 3.48. The van der Waals surface area contributed by atoms with E-state index in [1.165, 1.54) is 0 Å². The SMILES string of the molecule is Cl.N=C(N)NCC1CCCC(C(=O)O)C1. The second-order valence-corrected chi connectivity index (χ2v) is 3.86. The lowest BCUT2D eigenvalue weighted by Crippen LogP contribution is -2.36. The third-order valence-electron chi connectivity index (χ3n) is 2.71. The first-order valence-electron chi connectivity index (χ1n) is 4.90. The molecule has 0 aliphatic heterocycles. The average molecular weight is 236 g/mol. The van der Waals surface area contributed by atoms with Crippen LogP contribution in [-0.2, 0) is 4.79 Å². The summed E-state index contributed by atoms with van der Waals surface area (Å²) in [6.45, 7) is 0.624. The molecule has 1 aliphatic rings. The van der Waals surface area contributed by atoms with Crippen LogP contribution in [0, 0.1) is 17.2 Å². The fraction of sp³-hybridized carbons (Fsp3) is 0.778. The van der Waals surface area contributed by atoms with Gasteiger partial charge in [-0.25, -0.2) is 0 Å². The molecule has 0 aromatic rings. The molecule has 5 nitrogen and oxygen atoms in total. The Hall–Kier alpha value is -0.970. The molecular formula is C9H18ClN3O2. The average Bonchev–Trinajstić information content (AvgIpc) is 2.15. The highest BCUT2D eigenvalue weighted by Gasteiger charge is 2.26. The number of guanidine groups is 1. The second-order valence-electron chi connectivity index (χ2n) is 3.86. The van der Waals surface area contributed by atoms with Crippen LogP contribution in [0.3, 0.4) is 0 Å². The van der Waals surface area contributed by atoms with Crippen LogP contribution in [0.1, 0.15) is 25.7 Å². The third kappa shape index (κ3) is 4.88. The van der Waals surface area contributed by atoms with Crippen molar-refractivity contribution in [1.82, 2.24) is 5.32 Å². The Morgan fingerprint density at radius 3 is 2.73 bits per heavy atom. The predicted molar refractivity (Wildman–Crippen MR) is 60.2 cm³/mol. The Kier molecular flexibility index (Phi) is 6.08. The molecule has 0 radical (unpaired) electrons. The highest BCUT2D eigenvalue weighted by atomic mass is 35.5. The van der Waals surface area contributed by atoms with Crippen LogP contribution >= 0.6 is 12.4 Å². The summed E-state index contributed by atoms with van der Waals surface area (Å²) in [6, 6.07) is 0. The van der Waals surface area contributed by atoms with Crippen molar-refractivity contribution in [2.24, 2.45) is 17.6 Å². The van der Waals surface area contributed by atoms with E-state index in [-0.39, 0.29) is 24.3 Å². The summed E-state index contributed by atoms with van der Waals surface area (Å²) >= 11 is 0. The highest BCUT2D eigenvalue weighted by molar-refractivity contribution is 5.85. The van der Waals surface area contributed by atoms with Gasteiger partial charge in [0.15, 0.2) is 5.96 Å². The van der Waals surface area contributed by atoms with E-state index in [9.17, 15) is 4.79 Å². The van der Waals surface area contributed by atoms with Crippen molar-refractivity contribution < 1.29 is 9.90 Å². The minimum absolute atomic E-state index is 0. The normalized spacial score (nSPS) is 25.1. The van der Waals surface area contributed by atoms with Gasteiger partial charge in [0.1, 0.15) is 0 Å². The number of carboxylic acid groups (broad SMARTS) is 1. The van der Waals surface area contributed by atoms with Crippen molar-refractivity contribution in [2.45, 2.75) is 25.7 Å². The Morgan fingerprint density at radius 2 is 2.20 bits per heavy atom. The van der Waals surface area contributed by atoms with E-state index in [0.29, 0.717) is 18.9 Å². The summed E-state index contributed by atoms with van der Waals surface area (Å²) in [7, 11) is 0. The molecule has 0 aromatic carbocycles. The van der Waals surface area contributed by atoms with Gasteiger partial charge in [0.2, 0.25) is 0 Å². The van der Waals surface area contributed by atoms with Gasteiger partial charge in [-0.15, -0.1) is 12.4 Å². The molecule has 0 amide bonds. The zero-order chi connectivity index (χ0) is 10.6. The van der Waals surface area contributed by atoms with Crippen molar-refractivity contribution in [2.75, 3.05) is 6.54 Å². The van der Waals surface area contributed by atoms with E-state index in [0.717, 1.165) is 19.3 Å². The van der Waals surface area contributed by atoms with Crippen LogP contribution in [0.2, 0.25) is 0 Å². The molecular weight excluding hydrogens is 218 g/mol. The number of nitrogens with two attached hydrogens (primary N) is 1. The second kappa shape index (κ2) is 6.50. The fourth-order valence-electron chi connectivity index (χ4n) is 1.95. The Labute approximate surface area is 95.3 Å². The molecule has 0 heterocycles. The van der Waals surface area contributed by atoms with Gasteiger partial charge < -0.3 is 16.2 Å². The molecule has 1 saturated carbocycles. The fourth-order valence-corrected chi connectivity index (χ4v) is 1.95. The Balaban J connectivity index is 0.00000196. The van der Waals surface area contributed by atoms with Crippen LogP contribution in [0.25, 0.3) is 0 Å². The summed E-state index contributed by atoms with van der Waals surface area (Å²) in [5.74, 6) is -0.601. The maximum absolute atomic E-state index is 10.8. The predicted octanol–water partition coefficient (Wildman–Crippen LogP) is 0.782. The lowest BCUT2D eigenvalue weighted by Gasteiger charge is -2.26. The summed E-state index contributed by atoms with van der Waals surface area (Å²) in [4.78, 5) is 10.8. The van der Waals surface area contributed by atoms with Gasteiger partial charge in [-0.2, -0.15) is 0 Å². The molecule has 88 valence electrons. The number of rotatable bonds is 3. The third-order valence-corrected chi connectivity index (χ3v) is 2.71. The molecule has 0 saturated heterocycles. The van der Waals surface area contributed by atoms with Crippen molar-refractivity contribution >= 4 is 24.3 Å². The molecule has 5 N–H and O–H groups in total. The quantitative estimate of drug-likeness (QED) is 0.429. The lowest BCUT2D eigenvalue weighted by atomic mass is 9.81. The van der Waals surface area contributed by atoms with Crippen molar-refractivity contribution in [3.63, 3.8) is 0 Å². The monoisotopic (exact) mass is 235 g/mol. The van der Waals surface area contributed by atoms with Gasteiger partial charge in [-0.3, -0.25) is 10.2 Å². The van der Waals surface area contributed by atoms with Crippen LogP contribution in [0.5, 0.6) is 0 Å². The molecule has 1 fully saturated rings. The molecule has 6 heteroatoms. The van der Waals surface area contributed by atoms with Crippen LogP contribution in [-0.4, -0.2) is 23.6 Å². The first-order chi connectivity index (χ1) is 6.59.